The summed E-state index contributed by atoms with van der Waals surface area (Å²) in [5.41, 5.74) is 1.88. The van der Waals surface area contributed by atoms with E-state index in [0.717, 1.165) is 8.95 Å². The maximum Gasteiger partial charge on any atom is 0.101 e. The van der Waals surface area contributed by atoms with Crippen molar-refractivity contribution >= 4 is 53.7 Å². The van der Waals surface area contributed by atoms with Crippen LogP contribution < -0.4 is 0 Å². The number of halogens is 2. The Morgan fingerprint density at radius 1 is 0.800 bits per heavy atom. The fourth-order valence-electron chi connectivity index (χ4n) is 2.14. The topological polar surface area (TPSA) is 73.4 Å². The normalized spacial score (nSPS) is 10.4. The minimum absolute atomic E-state index is 0.323. The van der Waals surface area contributed by atoms with Crippen molar-refractivity contribution in [3.63, 3.8) is 0 Å². The summed E-state index contributed by atoms with van der Waals surface area (Å²) in [6.07, 6.45) is 3.30. The molecule has 0 atom stereocenters. The molecule has 6 heteroatoms. The highest BCUT2D eigenvalue weighted by atomic mass is 79.9. The Kier molecular flexibility index (Phi) is 3.13. The summed E-state index contributed by atoms with van der Waals surface area (Å²) in [4.78, 5) is 8.67. The smallest absolute Gasteiger partial charge is 0.101 e. The van der Waals surface area contributed by atoms with Crippen molar-refractivity contribution in [3.8, 4) is 12.1 Å². The van der Waals surface area contributed by atoms with Crippen LogP contribution in [-0.4, -0.2) is 9.97 Å². The fraction of sp³-hybridized carbons (Fsp3) is 0. The predicted octanol–water partition coefficient (Wildman–Crippen LogP) is 4.05. The maximum absolute atomic E-state index is 9.39. The van der Waals surface area contributed by atoms with Crippen LogP contribution in [0.5, 0.6) is 0 Å². The monoisotopic (exact) mass is 386 g/mol. The standard InChI is InChI=1S/C14H4Br2N4/c15-7-1-9-11(3-17)12(4-18)10-2-8(16)6-20-14(10)13(9)19-5-7/h1-2,5-6H. The SMILES string of the molecule is N#Cc1c(C#N)c2cc(Br)cnc2c2ncc(Br)cc12. The number of aromatic nitrogens is 2. The molecule has 0 fully saturated rings. The van der Waals surface area contributed by atoms with Gasteiger partial charge in [-0.25, -0.2) is 0 Å². The summed E-state index contributed by atoms with van der Waals surface area (Å²) in [6.45, 7) is 0. The molecule has 0 saturated heterocycles. The molecule has 0 amide bonds. The lowest BCUT2D eigenvalue weighted by Gasteiger charge is -2.08. The second kappa shape index (κ2) is 4.82. The molecular weight excluding hydrogens is 384 g/mol. The quantitative estimate of drug-likeness (QED) is 0.545. The molecule has 3 rings (SSSR count). The number of hydrogen-bond acceptors (Lipinski definition) is 4. The average molecular weight is 388 g/mol. The van der Waals surface area contributed by atoms with E-state index in [4.69, 9.17) is 0 Å². The molecule has 0 radical (unpaired) electrons. The zero-order valence-corrected chi connectivity index (χ0v) is 13.0. The Morgan fingerprint density at radius 3 is 1.55 bits per heavy atom. The van der Waals surface area contributed by atoms with Gasteiger partial charge >= 0.3 is 0 Å². The first kappa shape index (κ1) is 13.0. The van der Waals surface area contributed by atoms with Gasteiger partial charge in [0.1, 0.15) is 12.1 Å². The Morgan fingerprint density at radius 2 is 1.20 bits per heavy atom. The predicted molar refractivity (Wildman–Crippen MR) is 81.9 cm³/mol. The summed E-state index contributed by atoms with van der Waals surface area (Å²) in [5, 5.41) is 20.0. The van der Waals surface area contributed by atoms with Crippen molar-refractivity contribution in [2.24, 2.45) is 0 Å². The van der Waals surface area contributed by atoms with Crippen LogP contribution in [0.15, 0.2) is 33.5 Å². The fourth-order valence-corrected chi connectivity index (χ4v) is 2.80. The molecule has 0 saturated carbocycles. The largest absolute Gasteiger partial charge is 0.253 e. The molecule has 94 valence electrons. The van der Waals surface area contributed by atoms with E-state index in [1.165, 1.54) is 0 Å². The second-order valence-electron chi connectivity index (χ2n) is 4.07. The van der Waals surface area contributed by atoms with E-state index in [-0.39, 0.29) is 0 Å². The molecule has 2 heterocycles. The minimum atomic E-state index is 0.323. The van der Waals surface area contributed by atoms with E-state index in [9.17, 15) is 10.5 Å². The lowest BCUT2D eigenvalue weighted by molar-refractivity contribution is 1.34. The van der Waals surface area contributed by atoms with E-state index >= 15 is 0 Å². The van der Waals surface area contributed by atoms with E-state index in [1.54, 1.807) is 24.5 Å². The van der Waals surface area contributed by atoms with Crippen molar-refractivity contribution in [1.29, 1.82) is 10.5 Å². The molecule has 0 aliphatic heterocycles. The van der Waals surface area contributed by atoms with E-state index in [0.29, 0.717) is 32.9 Å². The van der Waals surface area contributed by atoms with Gasteiger partial charge in [0, 0.05) is 32.1 Å². The Balaban J connectivity index is 2.69. The first-order valence-electron chi connectivity index (χ1n) is 5.52. The van der Waals surface area contributed by atoms with Gasteiger partial charge in [-0.05, 0) is 44.0 Å². The van der Waals surface area contributed by atoms with Crippen molar-refractivity contribution in [2.45, 2.75) is 0 Å². The van der Waals surface area contributed by atoms with Gasteiger partial charge in [0.05, 0.1) is 22.2 Å². The number of fused-ring (bicyclic) bond motifs is 3. The minimum Gasteiger partial charge on any atom is -0.253 e. The van der Waals surface area contributed by atoms with Crippen LogP contribution in [0, 0.1) is 22.7 Å². The lowest BCUT2D eigenvalue weighted by atomic mass is 9.98. The molecule has 1 aromatic carbocycles. The number of hydrogen-bond donors (Lipinski definition) is 0. The molecule has 4 nitrogen and oxygen atoms in total. The van der Waals surface area contributed by atoms with Crippen molar-refractivity contribution < 1.29 is 0 Å². The lowest BCUT2D eigenvalue weighted by Crippen LogP contribution is -1.94. The average Bonchev–Trinajstić information content (AvgIpc) is 2.45. The third kappa shape index (κ3) is 1.85. The van der Waals surface area contributed by atoms with Crippen molar-refractivity contribution in [3.05, 3.63) is 44.6 Å². The molecule has 0 spiro atoms. The van der Waals surface area contributed by atoms with Crippen LogP contribution in [0.3, 0.4) is 0 Å². The molecule has 0 aliphatic carbocycles. The zero-order valence-electron chi connectivity index (χ0n) is 9.85. The number of benzene rings is 1. The first-order valence-corrected chi connectivity index (χ1v) is 7.11. The third-order valence-electron chi connectivity index (χ3n) is 2.95. The highest BCUT2D eigenvalue weighted by Crippen LogP contribution is 2.32. The Labute approximate surface area is 130 Å². The van der Waals surface area contributed by atoms with Crippen molar-refractivity contribution in [1.82, 2.24) is 9.97 Å². The third-order valence-corrected chi connectivity index (χ3v) is 3.81. The van der Waals surface area contributed by atoms with Crippen LogP contribution >= 0.6 is 31.9 Å². The number of nitrogens with zero attached hydrogens (tertiary/aromatic N) is 4. The van der Waals surface area contributed by atoms with Gasteiger partial charge < -0.3 is 0 Å². The van der Waals surface area contributed by atoms with Gasteiger partial charge in [-0.3, -0.25) is 9.97 Å². The Hall–Kier alpha value is -2.02. The molecule has 0 bridgehead atoms. The first-order chi connectivity index (χ1) is 9.65. The van der Waals surface area contributed by atoms with Crippen LogP contribution in [0.2, 0.25) is 0 Å². The van der Waals surface area contributed by atoms with Gasteiger partial charge in [0.25, 0.3) is 0 Å². The highest BCUT2D eigenvalue weighted by Gasteiger charge is 2.16. The molecule has 0 N–H and O–H groups in total. The Bertz CT molecular complexity index is 873. The molecule has 0 unspecified atom stereocenters. The van der Waals surface area contributed by atoms with E-state index < -0.39 is 0 Å². The maximum atomic E-state index is 9.39. The van der Waals surface area contributed by atoms with Gasteiger partial charge in [-0.2, -0.15) is 10.5 Å². The van der Waals surface area contributed by atoms with Gasteiger partial charge in [-0.15, -0.1) is 0 Å². The summed E-state index contributed by atoms with van der Waals surface area (Å²) < 4.78 is 1.50. The van der Waals surface area contributed by atoms with E-state index in [2.05, 4.69) is 54.0 Å². The van der Waals surface area contributed by atoms with Crippen LogP contribution in [0.4, 0.5) is 0 Å². The zero-order chi connectivity index (χ0) is 14.3. The summed E-state index contributed by atoms with van der Waals surface area (Å²) >= 11 is 6.67. The molecule has 3 aromatic rings. The molecular formula is C14H4Br2N4. The molecule has 20 heavy (non-hydrogen) atoms. The van der Waals surface area contributed by atoms with Crippen LogP contribution in [-0.2, 0) is 0 Å². The van der Waals surface area contributed by atoms with Gasteiger partial charge in [0.15, 0.2) is 0 Å². The summed E-state index contributed by atoms with van der Waals surface area (Å²) in [6, 6.07) is 7.77. The molecule has 2 aromatic heterocycles. The second-order valence-corrected chi connectivity index (χ2v) is 5.90. The van der Waals surface area contributed by atoms with Gasteiger partial charge in [-0.1, -0.05) is 0 Å². The summed E-state index contributed by atoms with van der Waals surface area (Å²) in [7, 11) is 0. The van der Waals surface area contributed by atoms with E-state index in [1.807, 2.05) is 0 Å². The highest BCUT2D eigenvalue weighted by molar-refractivity contribution is 9.10. The van der Waals surface area contributed by atoms with Crippen LogP contribution in [0.1, 0.15) is 11.1 Å². The number of rotatable bonds is 0. The van der Waals surface area contributed by atoms with Crippen molar-refractivity contribution in [2.75, 3.05) is 0 Å². The summed E-state index contributed by atoms with van der Waals surface area (Å²) in [5.74, 6) is 0. The number of nitriles is 2. The van der Waals surface area contributed by atoms with Crippen LogP contribution in [0.25, 0.3) is 21.8 Å². The molecule has 0 aliphatic rings. The number of pyridine rings is 2. The van der Waals surface area contributed by atoms with Gasteiger partial charge in [0.2, 0.25) is 0 Å².